The highest BCUT2D eigenvalue weighted by Gasteiger charge is 2.33. The molecule has 2 aromatic heterocycles. The van der Waals surface area contributed by atoms with E-state index in [0.29, 0.717) is 13.1 Å². The van der Waals surface area contributed by atoms with Crippen molar-refractivity contribution < 1.29 is 9.59 Å². The number of hydrogen-bond donors (Lipinski definition) is 0. The lowest BCUT2D eigenvalue weighted by Gasteiger charge is -2.28. The minimum Gasteiger partial charge on any atom is -0.338 e. The van der Waals surface area contributed by atoms with Crippen LogP contribution in [0.25, 0.3) is 0 Å². The zero-order chi connectivity index (χ0) is 20.7. The molecule has 4 rings (SSSR count). The first-order chi connectivity index (χ1) is 13.8. The Morgan fingerprint density at radius 3 is 2.69 bits per heavy atom. The molecule has 2 aliphatic rings. The third-order valence-electron chi connectivity index (χ3n) is 6.30. The summed E-state index contributed by atoms with van der Waals surface area (Å²) in [5.41, 5.74) is 5.14. The molecular weight excluding hydrogens is 368 g/mol. The van der Waals surface area contributed by atoms with Crippen LogP contribution in [-0.2, 0) is 29.1 Å². The van der Waals surface area contributed by atoms with Crippen molar-refractivity contribution in [3.63, 3.8) is 0 Å². The zero-order valence-corrected chi connectivity index (χ0v) is 17.6. The molecule has 154 valence electrons. The summed E-state index contributed by atoms with van der Waals surface area (Å²) in [6.07, 6.45) is 4.39. The highest BCUT2D eigenvalue weighted by Crippen LogP contribution is 2.31. The number of hydrogen-bond acceptors (Lipinski definition) is 5. The van der Waals surface area contributed by atoms with E-state index >= 15 is 0 Å². The molecule has 0 unspecified atom stereocenters. The molecule has 0 aromatic carbocycles. The van der Waals surface area contributed by atoms with Crippen LogP contribution in [0.4, 0.5) is 0 Å². The summed E-state index contributed by atoms with van der Waals surface area (Å²) in [7, 11) is 0. The zero-order valence-electron chi connectivity index (χ0n) is 17.6. The van der Waals surface area contributed by atoms with Gasteiger partial charge in [-0.3, -0.25) is 14.3 Å². The van der Waals surface area contributed by atoms with E-state index in [9.17, 15) is 9.59 Å². The van der Waals surface area contributed by atoms with Gasteiger partial charge in [0.15, 0.2) is 5.82 Å². The van der Waals surface area contributed by atoms with Crippen LogP contribution in [0.1, 0.15) is 59.8 Å². The number of fused-ring (bicyclic) bond motifs is 1. The molecule has 29 heavy (non-hydrogen) atoms. The minimum atomic E-state index is -0.0864. The Balaban J connectivity index is 1.52. The van der Waals surface area contributed by atoms with Crippen molar-refractivity contribution in [3.8, 4) is 0 Å². The average molecular weight is 396 g/mol. The maximum atomic E-state index is 13.0. The Hall–Kier alpha value is -2.77. The topological polar surface area (TPSA) is 84.2 Å². The van der Waals surface area contributed by atoms with Crippen molar-refractivity contribution >= 4 is 11.8 Å². The highest BCUT2D eigenvalue weighted by molar-refractivity contribution is 5.77. The predicted octanol–water partition coefficient (Wildman–Crippen LogP) is 1.87. The largest absolute Gasteiger partial charge is 0.338 e. The number of aromatic nitrogens is 4. The van der Waals surface area contributed by atoms with Gasteiger partial charge in [0, 0.05) is 50.4 Å². The number of carbonyl (C=O) groups excluding carboxylic acids is 2. The fourth-order valence-corrected chi connectivity index (χ4v) is 4.25. The summed E-state index contributed by atoms with van der Waals surface area (Å²) in [6.45, 7) is 9.81. The molecule has 4 heterocycles. The van der Waals surface area contributed by atoms with E-state index in [1.807, 2.05) is 36.8 Å². The first-order valence-electron chi connectivity index (χ1n) is 10.3. The van der Waals surface area contributed by atoms with Crippen molar-refractivity contribution in [3.05, 3.63) is 40.2 Å². The minimum absolute atomic E-state index is 0.0576. The van der Waals surface area contributed by atoms with Crippen LogP contribution in [0.2, 0.25) is 0 Å². The van der Waals surface area contributed by atoms with Crippen LogP contribution >= 0.6 is 0 Å². The summed E-state index contributed by atoms with van der Waals surface area (Å²) in [6, 6.07) is -0.0864. The van der Waals surface area contributed by atoms with Crippen LogP contribution in [-0.4, -0.2) is 54.5 Å². The number of likely N-dealkylation sites (tertiary alicyclic amines) is 1. The quantitative estimate of drug-likeness (QED) is 0.791. The lowest BCUT2D eigenvalue weighted by Crippen LogP contribution is -2.36. The van der Waals surface area contributed by atoms with Crippen molar-refractivity contribution in [2.24, 2.45) is 0 Å². The normalized spacial score (nSPS) is 18.8. The summed E-state index contributed by atoms with van der Waals surface area (Å²) in [5.74, 6) is 0.851. The number of carbonyl (C=O) groups is 2. The maximum absolute atomic E-state index is 13.0. The standard InChI is InChI=1S/C21H28N6O2/c1-13-14(2)24-27(15(13)3)12-20(29)26-8-5-6-19(26)21-22-10-17-11-25(16(4)28)9-7-18(17)23-21/h10,19H,5-9,11-12H2,1-4H3/t19-/m1/s1. The Kier molecular flexibility index (Phi) is 5.10. The van der Waals surface area contributed by atoms with E-state index in [4.69, 9.17) is 4.98 Å². The molecule has 2 amide bonds. The summed E-state index contributed by atoms with van der Waals surface area (Å²) in [4.78, 5) is 37.8. The van der Waals surface area contributed by atoms with Gasteiger partial charge in [-0.1, -0.05) is 0 Å². The van der Waals surface area contributed by atoms with Crippen LogP contribution in [0.15, 0.2) is 6.20 Å². The average Bonchev–Trinajstić information content (AvgIpc) is 3.29. The second kappa shape index (κ2) is 7.57. The number of nitrogens with zero attached hydrogens (tertiary/aromatic N) is 6. The molecule has 8 nitrogen and oxygen atoms in total. The summed E-state index contributed by atoms with van der Waals surface area (Å²) < 4.78 is 1.80. The van der Waals surface area contributed by atoms with E-state index in [0.717, 1.165) is 59.8 Å². The second-order valence-electron chi connectivity index (χ2n) is 8.09. The van der Waals surface area contributed by atoms with Gasteiger partial charge in [0.05, 0.1) is 17.4 Å². The van der Waals surface area contributed by atoms with Crippen LogP contribution in [0.5, 0.6) is 0 Å². The van der Waals surface area contributed by atoms with Crippen molar-refractivity contribution in [2.75, 3.05) is 13.1 Å². The van der Waals surface area contributed by atoms with Gasteiger partial charge in [0.2, 0.25) is 11.8 Å². The lowest BCUT2D eigenvalue weighted by atomic mass is 10.1. The van der Waals surface area contributed by atoms with Gasteiger partial charge >= 0.3 is 0 Å². The first kappa shape index (κ1) is 19.5. The lowest BCUT2D eigenvalue weighted by molar-refractivity contribution is -0.133. The van der Waals surface area contributed by atoms with Gasteiger partial charge in [0.25, 0.3) is 0 Å². The van der Waals surface area contributed by atoms with Crippen molar-refractivity contribution in [1.82, 2.24) is 29.5 Å². The number of aryl methyl sites for hydroxylation is 1. The predicted molar refractivity (Wildman–Crippen MR) is 107 cm³/mol. The second-order valence-corrected chi connectivity index (χ2v) is 8.09. The van der Waals surface area contributed by atoms with Crippen LogP contribution < -0.4 is 0 Å². The van der Waals surface area contributed by atoms with Gasteiger partial charge in [-0.15, -0.1) is 0 Å². The molecular formula is C21H28N6O2. The summed E-state index contributed by atoms with van der Waals surface area (Å²) >= 11 is 0. The molecule has 0 spiro atoms. The van der Waals surface area contributed by atoms with E-state index < -0.39 is 0 Å². The van der Waals surface area contributed by atoms with E-state index in [1.54, 1.807) is 11.6 Å². The van der Waals surface area contributed by atoms with Gasteiger partial charge in [-0.05, 0) is 39.2 Å². The molecule has 2 aliphatic heterocycles. The van der Waals surface area contributed by atoms with Crippen LogP contribution in [0.3, 0.4) is 0 Å². The Labute approximate surface area is 170 Å². The Morgan fingerprint density at radius 2 is 2.00 bits per heavy atom. The van der Waals surface area contributed by atoms with E-state index in [1.165, 1.54) is 0 Å². The Morgan fingerprint density at radius 1 is 1.21 bits per heavy atom. The van der Waals surface area contributed by atoms with E-state index in [-0.39, 0.29) is 24.4 Å². The fourth-order valence-electron chi connectivity index (χ4n) is 4.25. The molecule has 0 N–H and O–H groups in total. The molecule has 8 heteroatoms. The third-order valence-corrected chi connectivity index (χ3v) is 6.30. The van der Waals surface area contributed by atoms with E-state index in [2.05, 4.69) is 10.1 Å². The van der Waals surface area contributed by atoms with Gasteiger partial charge in [0.1, 0.15) is 6.54 Å². The number of rotatable bonds is 3. The SMILES string of the molecule is CC(=O)N1CCc2nc([C@H]3CCCN3C(=O)Cn3nc(C)c(C)c3C)ncc2C1. The van der Waals surface area contributed by atoms with Crippen molar-refractivity contribution in [1.29, 1.82) is 0 Å². The molecule has 0 aliphatic carbocycles. The van der Waals surface area contributed by atoms with Gasteiger partial charge in [-0.2, -0.15) is 5.10 Å². The van der Waals surface area contributed by atoms with Crippen LogP contribution in [0, 0.1) is 20.8 Å². The first-order valence-corrected chi connectivity index (χ1v) is 10.3. The molecule has 2 aromatic rings. The summed E-state index contributed by atoms with van der Waals surface area (Å²) in [5, 5.41) is 4.50. The van der Waals surface area contributed by atoms with Gasteiger partial charge < -0.3 is 9.80 Å². The van der Waals surface area contributed by atoms with Crippen molar-refractivity contribution in [2.45, 2.75) is 66.1 Å². The number of amides is 2. The monoisotopic (exact) mass is 396 g/mol. The third kappa shape index (κ3) is 3.63. The molecule has 0 saturated carbocycles. The molecule has 1 atom stereocenters. The molecule has 1 saturated heterocycles. The molecule has 1 fully saturated rings. The highest BCUT2D eigenvalue weighted by atomic mass is 16.2. The molecule has 0 radical (unpaired) electrons. The smallest absolute Gasteiger partial charge is 0.244 e. The van der Waals surface area contributed by atoms with Gasteiger partial charge in [-0.25, -0.2) is 9.97 Å². The Bertz CT molecular complexity index is 966. The maximum Gasteiger partial charge on any atom is 0.244 e. The fraction of sp³-hybridized carbons (Fsp3) is 0.571. The molecule has 0 bridgehead atoms.